The molecule has 0 aromatic heterocycles. The Bertz CT molecular complexity index is 829. The molecule has 5 nitrogen and oxygen atoms in total. The first-order valence-corrected chi connectivity index (χ1v) is 8.57. The minimum absolute atomic E-state index is 0.0119. The minimum atomic E-state index is -0.390. The molecule has 0 bridgehead atoms. The zero-order valence-electron chi connectivity index (χ0n) is 14.4. The van der Waals surface area contributed by atoms with Gasteiger partial charge >= 0.3 is 0 Å². The zero-order chi connectivity index (χ0) is 18.4. The number of carbonyl (C=O) groups is 1. The van der Waals surface area contributed by atoms with Crippen LogP contribution in [0.1, 0.15) is 28.8 Å². The molecule has 3 rings (SSSR count). The fourth-order valence-electron chi connectivity index (χ4n) is 2.90. The van der Waals surface area contributed by atoms with Crippen molar-refractivity contribution in [2.75, 3.05) is 13.1 Å². The lowest BCUT2D eigenvalue weighted by atomic mass is 10.0. The lowest BCUT2D eigenvalue weighted by Gasteiger charge is -2.27. The second-order valence-electron chi connectivity index (χ2n) is 6.23. The van der Waals surface area contributed by atoms with Crippen molar-refractivity contribution < 1.29 is 9.72 Å². The van der Waals surface area contributed by atoms with Gasteiger partial charge in [0.05, 0.1) is 4.92 Å². The topological polar surface area (TPSA) is 63.5 Å². The number of rotatable bonds is 5. The lowest BCUT2D eigenvalue weighted by Crippen LogP contribution is -2.25. The molecule has 1 saturated heterocycles. The van der Waals surface area contributed by atoms with Crippen LogP contribution in [0, 0.1) is 10.1 Å². The van der Waals surface area contributed by atoms with E-state index in [0.29, 0.717) is 5.56 Å². The molecule has 0 atom stereocenters. The van der Waals surface area contributed by atoms with Crippen molar-refractivity contribution in [2.24, 2.45) is 0 Å². The lowest BCUT2D eigenvalue weighted by molar-refractivity contribution is -0.384. The van der Waals surface area contributed by atoms with Gasteiger partial charge in [-0.25, -0.2) is 0 Å². The van der Waals surface area contributed by atoms with Crippen molar-refractivity contribution in [3.63, 3.8) is 0 Å². The standard InChI is InChI=1S/C21H20N2O3/c24-21(19-4-2-1-3-5-19)12-15-22-13-10-18(11-14-22)16-17-6-8-20(9-7-17)23(25)26/h1-9,12,15-16H,10-11,13-14H2. The van der Waals surface area contributed by atoms with Crippen molar-refractivity contribution in [3.8, 4) is 0 Å². The van der Waals surface area contributed by atoms with Gasteiger partial charge in [0.15, 0.2) is 5.78 Å². The monoisotopic (exact) mass is 348 g/mol. The predicted octanol–water partition coefficient (Wildman–Crippen LogP) is 4.47. The molecule has 0 unspecified atom stereocenters. The van der Waals surface area contributed by atoms with Gasteiger partial charge in [0, 0.05) is 43.1 Å². The van der Waals surface area contributed by atoms with Gasteiger partial charge in [0.1, 0.15) is 0 Å². The Balaban J connectivity index is 1.54. The SMILES string of the molecule is O=C(C=CN1CCC(=Cc2ccc([N+](=O)[O-])cc2)CC1)c1ccccc1. The first-order chi connectivity index (χ1) is 12.6. The Morgan fingerprint density at radius 3 is 2.27 bits per heavy atom. The Kier molecular flexibility index (Phi) is 5.59. The molecule has 0 amide bonds. The van der Waals surface area contributed by atoms with Crippen LogP contribution in [0.3, 0.4) is 0 Å². The molecule has 1 aliphatic rings. The van der Waals surface area contributed by atoms with Gasteiger partial charge in [-0.3, -0.25) is 14.9 Å². The molecule has 0 radical (unpaired) electrons. The molecule has 0 saturated carbocycles. The Hall–Kier alpha value is -3.21. The highest BCUT2D eigenvalue weighted by Crippen LogP contribution is 2.21. The molecule has 0 aliphatic carbocycles. The van der Waals surface area contributed by atoms with Gasteiger partial charge in [-0.1, -0.05) is 42.0 Å². The minimum Gasteiger partial charge on any atom is -0.377 e. The van der Waals surface area contributed by atoms with Gasteiger partial charge in [-0.05, 0) is 30.5 Å². The fourth-order valence-corrected chi connectivity index (χ4v) is 2.90. The molecule has 1 heterocycles. The van der Waals surface area contributed by atoms with E-state index in [-0.39, 0.29) is 11.5 Å². The molecule has 2 aromatic rings. The van der Waals surface area contributed by atoms with Crippen LogP contribution in [0.5, 0.6) is 0 Å². The maximum atomic E-state index is 12.1. The highest BCUT2D eigenvalue weighted by molar-refractivity contribution is 6.04. The third-order valence-electron chi connectivity index (χ3n) is 4.41. The van der Waals surface area contributed by atoms with Crippen LogP contribution in [-0.2, 0) is 0 Å². The molecule has 1 aliphatic heterocycles. The van der Waals surface area contributed by atoms with Crippen molar-refractivity contribution >= 4 is 17.5 Å². The van der Waals surface area contributed by atoms with E-state index in [9.17, 15) is 14.9 Å². The van der Waals surface area contributed by atoms with E-state index in [1.807, 2.05) is 36.5 Å². The Morgan fingerprint density at radius 1 is 1.00 bits per heavy atom. The summed E-state index contributed by atoms with van der Waals surface area (Å²) in [5.74, 6) is 0.0119. The van der Waals surface area contributed by atoms with Crippen LogP contribution in [-0.4, -0.2) is 28.7 Å². The van der Waals surface area contributed by atoms with Crippen LogP contribution in [0.25, 0.3) is 6.08 Å². The molecule has 132 valence electrons. The molecule has 2 aromatic carbocycles. The number of carbonyl (C=O) groups excluding carboxylic acids is 1. The molecule has 5 heteroatoms. The van der Waals surface area contributed by atoms with E-state index in [4.69, 9.17) is 0 Å². The average Bonchev–Trinajstić information content (AvgIpc) is 2.68. The summed E-state index contributed by atoms with van der Waals surface area (Å²) >= 11 is 0. The van der Waals surface area contributed by atoms with Crippen molar-refractivity contribution in [2.45, 2.75) is 12.8 Å². The summed E-state index contributed by atoms with van der Waals surface area (Å²) < 4.78 is 0. The van der Waals surface area contributed by atoms with Gasteiger partial charge < -0.3 is 4.90 Å². The van der Waals surface area contributed by atoms with E-state index < -0.39 is 4.92 Å². The number of piperidine rings is 1. The summed E-state index contributed by atoms with van der Waals surface area (Å²) in [5, 5.41) is 10.7. The van der Waals surface area contributed by atoms with Gasteiger partial charge in [-0.15, -0.1) is 0 Å². The van der Waals surface area contributed by atoms with E-state index in [2.05, 4.69) is 11.0 Å². The Morgan fingerprint density at radius 2 is 1.65 bits per heavy atom. The summed E-state index contributed by atoms with van der Waals surface area (Å²) in [6.07, 6.45) is 7.43. The largest absolute Gasteiger partial charge is 0.377 e. The Labute approximate surface area is 152 Å². The number of nitro groups is 1. The number of non-ortho nitro benzene ring substituents is 1. The average molecular weight is 348 g/mol. The number of allylic oxidation sites excluding steroid dienone is 1. The quantitative estimate of drug-likeness (QED) is 0.346. The maximum absolute atomic E-state index is 12.1. The molecule has 1 fully saturated rings. The highest BCUT2D eigenvalue weighted by atomic mass is 16.6. The molecule has 0 spiro atoms. The molecular weight excluding hydrogens is 328 g/mol. The highest BCUT2D eigenvalue weighted by Gasteiger charge is 2.12. The number of hydrogen-bond acceptors (Lipinski definition) is 4. The molecule has 26 heavy (non-hydrogen) atoms. The van der Waals surface area contributed by atoms with Gasteiger partial charge in [0.2, 0.25) is 0 Å². The summed E-state index contributed by atoms with van der Waals surface area (Å²) in [6, 6.07) is 15.8. The number of nitrogens with zero attached hydrogens (tertiary/aromatic N) is 2. The van der Waals surface area contributed by atoms with Crippen molar-refractivity contribution in [3.05, 3.63) is 93.7 Å². The van der Waals surface area contributed by atoms with E-state index >= 15 is 0 Å². The number of likely N-dealkylation sites (tertiary alicyclic amines) is 1. The van der Waals surface area contributed by atoms with Gasteiger partial charge in [0.25, 0.3) is 5.69 Å². The second kappa shape index (κ2) is 8.25. The smallest absolute Gasteiger partial charge is 0.269 e. The zero-order valence-corrected chi connectivity index (χ0v) is 14.4. The van der Waals surface area contributed by atoms with Crippen LogP contribution in [0.15, 0.2) is 72.4 Å². The van der Waals surface area contributed by atoms with Crippen LogP contribution in [0.2, 0.25) is 0 Å². The van der Waals surface area contributed by atoms with Crippen molar-refractivity contribution in [1.29, 1.82) is 0 Å². The number of benzene rings is 2. The first kappa shape index (κ1) is 17.6. The van der Waals surface area contributed by atoms with E-state index in [1.165, 1.54) is 17.7 Å². The van der Waals surface area contributed by atoms with E-state index in [0.717, 1.165) is 31.5 Å². The van der Waals surface area contributed by atoms with Crippen molar-refractivity contribution in [1.82, 2.24) is 4.90 Å². The molecular formula is C21H20N2O3. The van der Waals surface area contributed by atoms with Crippen LogP contribution in [0.4, 0.5) is 5.69 Å². The van der Waals surface area contributed by atoms with Crippen LogP contribution < -0.4 is 0 Å². The fraction of sp³-hybridized carbons (Fsp3) is 0.190. The normalized spacial score (nSPS) is 14.5. The summed E-state index contributed by atoms with van der Waals surface area (Å²) in [4.78, 5) is 24.5. The number of ketones is 1. The third kappa shape index (κ3) is 4.66. The second-order valence-corrected chi connectivity index (χ2v) is 6.23. The predicted molar refractivity (Wildman–Crippen MR) is 102 cm³/mol. The summed E-state index contributed by atoms with van der Waals surface area (Å²) in [7, 11) is 0. The van der Waals surface area contributed by atoms with Gasteiger partial charge in [-0.2, -0.15) is 0 Å². The number of nitro benzene ring substituents is 1. The summed E-state index contributed by atoms with van der Waals surface area (Å²) in [6.45, 7) is 1.72. The molecule has 0 N–H and O–H groups in total. The third-order valence-corrected chi connectivity index (χ3v) is 4.41. The first-order valence-electron chi connectivity index (χ1n) is 8.57. The number of hydrogen-bond donors (Lipinski definition) is 0. The van der Waals surface area contributed by atoms with Crippen LogP contribution >= 0.6 is 0 Å². The van der Waals surface area contributed by atoms with E-state index in [1.54, 1.807) is 18.2 Å². The summed E-state index contributed by atoms with van der Waals surface area (Å²) in [5.41, 5.74) is 3.10. The maximum Gasteiger partial charge on any atom is 0.269 e.